The highest BCUT2D eigenvalue weighted by Crippen LogP contribution is 2.16. The van der Waals surface area contributed by atoms with Crippen LogP contribution in [0.1, 0.15) is 19.4 Å². The lowest BCUT2D eigenvalue weighted by Gasteiger charge is -2.21. The van der Waals surface area contributed by atoms with Gasteiger partial charge in [0.25, 0.3) is 0 Å². The van der Waals surface area contributed by atoms with Crippen molar-refractivity contribution in [2.45, 2.75) is 20.3 Å². The van der Waals surface area contributed by atoms with E-state index in [1.807, 2.05) is 18.2 Å². The van der Waals surface area contributed by atoms with Gasteiger partial charge in [-0.05, 0) is 31.5 Å². The summed E-state index contributed by atoms with van der Waals surface area (Å²) >= 11 is 0. The quantitative estimate of drug-likeness (QED) is 0.714. The molecule has 0 unspecified atom stereocenters. The van der Waals surface area contributed by atoms with E-state index >= 15 is 0 Å². The van der Waals surface area contributed by atoms with Crippen LogP contribution in [-0.2, 0) is 16.0 Å². The smallest absolute Gasteiger partial charge is 0.309 e. The predicted octanol–water partition coefficient (Wildman–Crippen LogP) is 2.25. The molecule has 0 atom stereocenters. The van der Waals surface area contributed by atoms with Crippen molar-refractivity contribution in [3.8, 4) is 0 Å². The molecule has 0 aliphatic carbocycles. The highest BCUT2D eigenvalue weighted by atomic mass is 16.5. The Balaban J connectivity index is 2.81. The van der Waals surface area contributed by atoms with Gasteiger partial charge in [0.1, 0.15) is 0 Å². The van der Waals surface area contributed by atoms with Crippen LogP contribution in [0.15, 0.2) is 24.3 Å². The minimum absolute atomic E-state index is 0.198. The van der Waals surface area contributed by atoms with Gasteiger partial charge in [0.05, 0.1) is 13.5 Å². The van der Waals surface area contributed by atoms with Crippen LogP contribution >= 0.6 is 0 Å². The third-order valence-electron chi connectivity index (χ3n) is 2.62. The van der Waals surface area contributed by atoms with Gasteiger partial charge in [-0.25, -0.2) is 0 Å². The molecular weight excluding hydrogens is 202 g/mol. The van der Waals surface area contributed by atoms with Crippen LogP contribution in [0.25, 0.3) is 0 Å². The zero-order chi connectivity index (χ0) is 12.0. The lowest BCUT2D eigenvalue weighted by Crippen LogP contribution is -2.21. The van der Waals surface area contributed by atoms with E-state index in [9.17, 15) is 4.79 Å². The number of carbonyl (C=O) groups is 1. The van der Waals surface area contributed by atoms with E-state index in [1.54, 1.807) is 0 Å². The van der Waals surface area contributed by atoms with Crippen LogP contribution < -0.4 is 4.90 Å². The van der Waals surface area contributed by atoms with Crippen LogP contribution in [0, 0.1) is 0 Å². The van der Waals surface area contributed by atoms with Crippen molar-refractivity contribution in [1.29, 1.82) is 0 Å². The minimum Gasteiger partial charge on any atom is -0.469 e. The van der Waals surface area contributed by atoms with Gasteiger partial charge in [0, 0.05) is 18.8 Å². The van der Waals surface area contributed by atoms with E-state index in [0.717, 1.165) is 24.3 Å². The van der Waals surface area contributed by atoms with Gasteiger partial charge in [-0.1, -0.05) is 12.1 Å². The second-order valence-electron chi connectivity index (χ2n) is 3.60. The lowest BCUT2D eigenvalue weighted by molar-refractivity contribution is -0.139. The number of benzene rings is 1. The summed E-state index contributed by atoms with van der Waals surface area (Å²) in [6, 6.07) is 8.04. The Hall–Kier alpha value is -1.51. The summed E-state index contributed by atoms with van der Waals surface area (Å²) < 4.78 is 4.65. The summed E-state index contributed by atoms with van der Waals surface area (Å²) in [5.41, 5.74) is 2.16. The molecule has 0 fully saturated rings. The summed E-state index contributed by atoms with van der Waals surface area (Å²) in [7, 11) is 1.41. The number of methoxy groups -OCH3 is 1. The van der Waals surface area contributed by atoms with Gasteiger partial charge >= 0.3 is 5.97 Å². The van der Waals surface area contributed by atoms with Crippen LogP contribution in [0.3, 0.4) is 0 Å². The molecule has 0 saturated heterocycles. The molecule has 0 aliphatic rings. The first-order valence-corrected chi connectivity index (χ1v) is 5.62. The maximum atomic E-state index is 11.2. The van der Waals surface area contributed by atoms with E-state index in [0.29, 0.717) is 6.42 Å². The van der Waals surface area contributed by atoms with Crippen LogP contribution in [0.4, 0.5) is 5.69 Å². The molecule has 16 heavy (non-hydrogen) atoms. The third-order valence-corrected chi connectivity index (χ3v) is 2.62. The SMILES string of the molecule is CCN(CC)c1cccc(CC(=O)OC)c1. The monoisotopic (exact) mass is 221 g/mol. The van der Waals surface area contributed by atoms with Crippen molar-refractivity contribution < 1.29 is 9.53 Å². The molecule has 0 amide bonds. The highest BCUT2D eigenvalue weighted by molar-refractivity contribution is 5.73. The number of ether oxygens (including phenoxy) is 1. The van der Waals surface area contributed by atoms with Crippen molar-refractivity contribution in [3.63, 3.8) is 0 Å². The molecule has 0 saturated carbocycles. The molecule has 0 heterocycles. The number of hydrogen-bond donors (Lipinski definition) is 0. The fraction of sp³-hybridized carbons (Fsp3) is 0.462. The molecule has 1 aromatic carbocycles. The van der Waals surface area contributed by atoms with E-state index < -0.39 is 0 Å². The van der Waals surface area contributed by atoms with Crippen LogP contribution in [-0.4, -0.2) is 26.2 Å². The molecule has 3 nitrogen and oxygen atoms in total. The van der Waals surface area contributed by atoms with E-state index in [2.05, 4.69) is 29.6 Å². The molecule has 88 valence electrons. The highest BCUT2D eigenvalue weighted by Gasteiger charge is 2.06. The summed E-state index contributed by atoms with van der Waals surface area (Å²) in [6.07, 6.45) is 0.339. The lowest BCUT2D eigenvalue weighted by atomic mass is 10.1. The number of anilines is 1. The largest absolute Gasteiger partial charge is 0.469 e. The second kappa shape index (κ2) is 6.16. The number of carbonyl (C=O) groups excluding carboxylic acids is 1. The Morgan fingerprint density at radius 3 is 2.56 bits per heavy atom. The second-order valence-corrected chi connectivity index (χ2v) is 3.60. The molecule has 0 spiro atoms. The van der Waals surface area contributed by atoms with Crippen LogP contribution in [0.2, 0.25) is 0 Å². The Bertz CT molecular complexity index is 346. The van der Waals surface area contributed by atoms with Gasteiger partial charge in [0.15, 0.2) is 0 Å². The Kier molecular flexibility index (Phi) is 4.83. The van der Waals surface area contributed by atoms with Gasteiger partial charge in [0.2, 0.25) is 0 Å². The first kappa shape index (κ1) is 12.6. The van der Waals surface area contributed by atoms with Crippen molar-refractivity contribution in [3.05, 3.63) is 29.8 Å². The van der Waals surface area contributed by atoms with Crippen molar-refractivity contribution in [2.75, 3.05) is 25.1 Å². The first-order chi connectivity index (χ1) is 7.71. The molecule has 3 heteroatoms. The van der Waals surface area contributed by atoms with E-state index in [1.165, 1.54) is 7.11 Å². The molecule has 0 aromatic heterocycles. The molecule has 0 aliphatic heterocycles. The Morgan fingerprint density at radius 1 is 1.31 bits per heavy atom. The average Bonchev–Trinajstić information content (AvgIpc) is 2.31. The number of nitrogens with zero attached hydrogens (tertiary/aromatic N) is 1. The minimum atomic E-state index is -0.198. The average molecular weight is 221 g/mol. The maximum absolute atomic E-state index is 11.2. The fourth-order valence-corrected chi connectivity index (χ4v) is 1.69. The van der Waals surface area contributed by atoms with Crippen molar-refractivity contribution >= 4 is 11.7 Å². The van der Waals surface area contributed by atoms with Gasteiger partial charge < -0.3 is 9.64 Å². The zero-order valence-electron chi connectivity index (χ0n) is 10.2. The summed E-state index contributed by atoms with van der Waals surface area (Å²) in [5, 5.41) is 0. The Labute approximate surface area is 97.0 Å². The predicted molar refractivity (Wildman–Crippen MR) is 65.7 cm³/mol. The molecule has 1 rings (SSSR count). The molecule has 0 N–H and O–H groups in total. The zero-order valence-corrected chi connectivity index (χ0v) is 10.2. The van der Waals surface area contributed by atoms with Crippen LogP contribution in [0.5, 0.6) is 0 Å². The summed E-state index contributed by atoms with van der Waals surface area (Å²) in [6.45, 7) is 6.18. The maximum Gasteiger partial charge on any atom is 0.309 e. The van der Waals surface area contributed by atoms with Gasteiger partial charge in [-0.2, -0.15) is 0 Å². The molecule has 1 aromatic rings. The normalized spacial score (nSPS) is 9.94. The topological polar surface area (TPSA) is 29.5 Å². The molecular formula is C13H19NO2. The molecule has 0 radical (unpaired) electrons. The third kappa shape index (κ3) is 3.26. The van der Waals surface area contributed by atoms with Crippen molar-refractivity contribution in [1.82, 2.24) is 0 Å². The summed E-state index contributed by atoms with van der Waals surface area (Å²) in [5.74, 6) is -0.198. The summed E-state index contributed by atoms with van der Waals surface area (Å²) in [4.78, 5) is 13.4. The first-order valence-electron chi connectivity index (χ1n) is 5.62. The van der Waals surface area contributed by atoms with E-state index in [-0.39, 0.29) is 5.97 Å². The van der Waals surface area contributed by atoms with Gasteiger partial charge in [-0.15, -0.1) is 0 Å². The van der Waals surface area contributed by atoms with Gasteiger partial charge in [-0.3, -0.25) is 4.79 Å². The van der Waals surface area contributed by atoms with Crippen molar-refractivity contribution in [2.24, 2.45) is 0 Å². The number of hydrogen-bond acceptors (Lipinski definition) is 3. The number of rotatable bonds is 5. The van der Waals surface area contributed by atoms with E-state index in [4.69, 9.17) is 0 Å². The fourth-order valence-electron chi connectivity index (χ4n) is 1.69. The standard InChI is InChI=1S/C13H19NO2/c1-4-14(5-2)12-8-6-7-11(9-12)10-13(15)16-3/h6-9H,4-5,10H2,1-3H3. The number of esters is 1. The Morgan fingerprint density at radius 2 is 2.00 bits per heavy atom. The molecule has 0 bridgehead atoms.